The number of anilines is 1. The zero-order chi connectivity index (χ0) is 17.3. The summed E-state index contributed by atoms with van der Waals surface area (Å²) in [6, 6.07) is 3.57. The van der Waals surface area contributed by atoms with Gasteiger partial charge in [0.25, 0.3) is 10.0 Å². The van der Waals surface area contributed by atoms with Gasteiger partial charge in [0.05, 0.1) is 33.2 Å². The van der Waals surface area contributed by atoms with Gasteiger partial charge in [-0.3, -0.25) is 9.82 Å². The van der Waals surface area contributed by atoms with Crippen LogP contribution in [0.4, 0.5) is 19.0 Å². The maximum Gasteiger partial charge on any atom is 0.417 e. The molecule has 0 aliphatic rings. The van der Waals surface area contributed by atoms with Crippen molar-refractivity contribution in [1.29, 1.82) is 5.26 Å². The molecule has 0 spiro atoms. The second kappa shape index (κ2) is 6.13. The SMILES string of the molecule is CSc1cn[nH]c1NS(=O)(=O)c1ccc(C#N)c(C(F)(F)F)c1. The molecule has 0 aliphatic carbocycles. The van der Waals surface area contributed by atoms with Crippen LogP contribution >= 0.6 is 11.8 Å². The maximum atomic E-state index is 12.9. The van der Waals surface area contributed by atoms with Crippen LogP contribution in [0, 0.1) is 11.3 Å². The molecule has 0 unspecified atom stereocenters. The van der Waals surface area contributed by atoms with E-state index in [1.165, 1.54) is 24.0 Å². The molecule has 2 aromatic rings. The molecule has 0 saturated heterocycles. The van der Waals surface area contributed by atoms with Crippen molar-refractivity contribution in [2.45, 2.75) is 16.0 Å². The van der Waals surface area contributed by atoms with Crippen LogP contribution in [-0.4, -0.2) is 24.9 Å². The zero-order valence-corrected chi connectivity index (χ0v) is 13.1. The number of aromatic nitrogens is 2. The molecule has 0 aliphatic heterocycles. The maximum absolute atomic E-state index is 12.9. The van der Waals surface area contributed by atoms with E-state index in [1.54, 1.807) is 6.26 Å². The molecule has 23 heavy (non-hydrogen) atoms. The highest BCUT2D eigenvalue weighted by Gasteiger charge is 2.35. The number of hydrogen-bond acceptors (Lipinski definition) is 5. The number of nitrogens with one attached hydrogen (secondary N) is 2. The average molecular weight is 362 g/mol. The highest BCUT2D eigenvalue weighted by molar-refractivity contribution is 7.99. The van der Waals surface area contributed by atoms with Crippen molar-refractivity contribution in [2.24, 2.45) is 0 Å². The third kappa shape index (κ3) is 3.59. The van der Waals surface area contributed by atoms with E-state index < -0.39 is 32.2 Å². The molecule has 6 nitrogen and oxygen atoms in total. The first-order valence-corrected chi connectivity index (χ1v) is 8.61. The lowest BCUT2D eigenvalue weighted by atomic mass is 10.1. The summed E-state index contributed by atoms with van der Waals surface area (Å²) < 4.78 is 65.3. The summed E-state index contributed by atoms with van der Waals surface area (Å²) in [5, 5.41) is 14.8. The van der Waals surface area contributed by atoms with E-state index in [2.05, 4.69) is 14.9 Å². The molecule has 2 N–H and O–H groups in total. The molecule has 0 amide bonds. The number of benzene rings is 1. The topological polar surface area (TPSA) is 98.6 Å². The third-order valence-electron chi connectivity index (χ3n) is 2.79. The Morgan fingerprint density at radius 1 is 1.39 bits per heavy atom. The van der Waals surface area contributed by atoms with Crippen LogP contribution in [0.1, 0.15) is 11.1 Å². The first kappa shape index (κ1) is 17.2. The summed E-state index contributed by atoms with van der Waals surface area (Å²) in [6.45, 7) is 0. The smallest absolute Gasteiger partial charge is 0.263 e. The van der Waals surface area contributed by atoms with Crippen molar-refractivity contribution < 1.29 is 21.6 Å². The van der Waals surface area contributed by atoms with Gasteiger partial charge in [0, 0.05) is 0 Å². The van der Waals surface area contributed by atoms with E-state index in [0.717, 1.165) is 12.1 Å². The summed E-state index contributed by atoms with van der Waals surface area (Å²) in [4.78, 5) is -0.122. The van der Waals surface area contributed by atoms with Crippen LogP contribution in [0.2, 0.25) is 0 Å². The number of nitriles is 1. The average Bonchev–Trinajstić information content (AvgIpc) is 2.92. The number of thioether (sulfide) groups is 1. The second-order valence-corrected chi connectivity index (χ2v) is 6.77. The molecule has 1 heterocycles. The van der Waals surface area contributed by atoms with Gasteiger partial charge >= 0.3 is 6.18 Å². The Balaban J connectivity index is 2.47. The normalized spacial score (nSPS) is 12.0. The first-order chi connectivity index (χ1) is 10.7. The Hall–Kier alpha value is -2.19. The van der Waals surface area contributed by atoms with Crippen molar-refractivity contribution in [1.82, 2.24) is 10.2 Å². The van der Waals surface area contributed by atoms with Crippen LogP contribution in [0.5, 0.6) is 0 Å². The van der Waals surface area contributed by atoms with Gasteiger partial charge in [0.15, 0.2) is 0 Å². The highest BCUT2D eigenvalue weighted by atomic mass is 32.2. The van der Waals surface area contributed by atoms with Crippen LogP contribution < -0.4 is 4.72 Å². The van der Waals surface area contributed by atoms with E-state index in [1.807, 2.05) is 0 Å². The van der Waals surface area contributed by atoms with Gasteiger partial charge in [-0.05, 0) is 24.5 Å². The summed E-state index contributed by atoms with van der Waals surface area (Å²) in [6.07, 6.45) is -1.77. The molecule has 11 heteroatoms. The highest BCUT2D eigenvalue weighted by Crippen LogP contribution is 2.34. The lowest BCUT2D eigenvalue weighted by molar-refractivity contribution is -0.137. The largest absolute Gasteiger partial charge is 0.417 e. The third-order valence-corrected chi connectivity index (χ3v) is 4.88. The van der Waals surface area contributed by atoms with Crippen LogP contribution in [0.25, 0.3) is 0 Å². The molecule has 0 saturated carbocycles. The Morgan fingerprint density at radius 3 is 2.65 bits per heavy atom. The summed E-state index contributed by atoms with van der Waals surface area (Å²) in [5.74, 6) is 0.0513. The molecule has 1 aromatic carbocycles. The van der Waals surface area contributed by atoms with Gasteiger partial charge in [-0.2, -0.15) is 23.5 Å². The molecule has 122 valence electrons. The number of sulfonamides is 1. The molecule has 0 bridgehead atoms. The van der Waals surface area contributed by atoms with Gasteiger partial charge in [-0.1, -0.05) is 0 Å². The minimum absolute atomic E-state index is 0.0513. The number of hydrogen-bond donors (Lipinski definition) is 2. The molecule has 2 rings (SSSR count). The molecule has 0 radical (unpaired) electrons. The summed E-state index contributed by atoms with van der Waals surface area (Å²) >= 11 is 1.21. The van der Waals surface area contributed by atoms with Crippen molar-refractivity contribution in [3.63, 3.8) is 0 Å². The van der Waals surface area contributed by atoms with E-state index in [9.17, 15) is 21.6 Å². The van der Waals surface area contributed by atoms with Gasteiger partial charge in [-0.25, -0.2) is 8.42 Å². The van der Waals surface area contributed by atoms with Gasteiger partial charge in [0.1, 0.15) is 5.82 Å². The standard InChI is InChI=1S/C12H9F3N4O2S2/c1-22-10-6-17-18-11(10)19-23(20,21)8-3-2-7(5-16)9(4-8)12(13,14)15/h2-4,6H,1H3,(H2,17,18,19). The predicted molar refractivity (Wildman–Crippen MR) is 77.3 cm³/mol. The van der Waals surface area contributed by atoms with Crippen molar-refractivity contribution >= 4 is 27.6 Å². The van der Waals surface area contributed by atoms with E-state index in [0.29, 0.717) is 11.0 Å². The van der Waals surface area contributed by atoms with E-state index in [-0.39, 0.29) is 5.82 Å². The quantitative estimate of drug-likeness (QED) is 0.815. The second-order valence-electron chi connectivity index (χ2n) is 4.24. The molecule has 1 aromatic heterocycles. The minimum atomic E-state index is -4.84. The number of halogens is 3. The fourth-order valence-corrected chi connectivity index (χ4v) is 3.30. The number of alkyl halides is 3. The Labute approximate surface area is 133 Å². The van der Waals surface area contributed by atoms with Crippen molar-refractivity contribution in [3.05, 3.63) is 35.5 Å². The Morgan fingerprint density at radius 2 is 2.09 bits per heavy atom. The van der Waals surface area contributed by atoms with Crippen LogP contribution in [-0.2, 0) is 16.2 Å². The minimum Gasteiger partial charge on any atom is -0.263 e. The molecular formula is C12H9F3N4O2S2. The molecule has 0 fully saturated rings. The number of nitrogens with zero attached hydrogens (tertiary/aromatic N) is 2. The van der Waals surface area contributed by atoms with Gasteiger partial charge in [-0.15, -0.1) is 11.8 Å². The Kier molecular flexibility index (Phi) is 4.58. The predicted octanol–water partition coefficient (Wildman–Crippen LogP) is 2.82. The van der Waals surface area contributed by atoms with Crippen molar-refractivity contribution in [3.8, 4) is 6.07 Å². The lowest BCUT2D eigenvalue weighted by Gasteiger charge is -2.12. The van der Waals surface area contributed by atoms with Crippen LogP contribution in [0.3, 0.4) is 0 Å². The molecular weight excluding hydrogens is 353 g/mol. The first-order valence-electron chi connectivity index (χ1n) is 5.90. The van der Waals surface area contributed by atoms with E-state index >= 15 is 0 Å². The number of H-pyrrole nitrogens is 1. The lowest BCUT2D eigenvalue weighted by Crippen LogP contribution is -2.16. The number of aromatic amines is 1. The summed E-state index contributed by atoms with van der Waals surface area (Å²) in [5.41, 5.74) is -1.96. The fraction of sp³-hybridized carbons (Fsp3) is 0.167. The molecule has 0 atom stereocenters. The monoisotopic (exact) mass is 362 g/mol. The number of rotatable bonds is 4. The van der Waals surface area contributed by atoms with E-state index in [4.69, 9.17) is 5.26 Å². The fourth-order valence-electron chi connectivity index (χ4n) is 1.72. The van der Waals surface area contributed by atoms with Crippen LogP contribution in [0.15, 0.2) is 34.2 Å². The Bertz CT molecular complexity index is 869. The summed E-state index contributed by atoms with van der Waals surface area (Å²) in [7, 11) is -4.27. The zero-order valence-electron chi connectivity index (χ0n) is 11.5. The van der Waals surface area contributed by atoms with Gasteiger partial charge in [0.2, 0.25) is 0 Å². The van der Waals surface area contributed by atoms with Gasteiger partial charge < -0.3 is 0 Å². The van der Waals surface area contributed by atoms with Crippen molar-refractivity contribution in [2.75, 3.05) is 11.0 Å².